The average molecular weight is 171 g/mol. The topological polar surface area (TPSA) is 52.3 Å². The number of carbonyl (C=O) groups is 1. The van der Waals surface area contributed by atoms with E-state index in [1.54, 1.807) is 6.08 Å². The number of carbonyl (C=O) groups excluding carboxylic acids is 1. The standard InChI is InChI=1S/C9H17NO2/c1-7(2)6-8(10)4-5-9(11)12-3/h4-5,7-8H,6,10H2,1-3H3/b5-4+. The largest absolute Gasteiger partial charge is 0.466 e. The van der Waals surface area contributed by atoms with Crippen molar-refractivity contribution in [1.82, 2.24) is 0 Å². The van der Waals surface area contributed by atoms with Crippen LogP contribution in [0.4, 0.5) is 0 Å². The molecule has 1 unspecified atom stereocenters. The lowest BCUT2D eigenvalue weighted by Gasteiger charge is -2.08. The Hall–Kier alpha value is -0.830. The van der Waals surface area contributed by atoms with Crippen LogP contribution in [0.2, 0.25) is 0 Å². The Kier molecular flexibility index (Phi) is 5.37. The Balaban J connectivity index is 3.74. The molecule has 0 saturated carbocycles. The van der Waals surface area contributed by atoms with Gasteiger partial charge in [0.05, 0.1) is 7.11 Å². The third-order valence-electron chi connectivity index (χ3n) is 1.42. The van der Waals surface area contributed by atoms with Crippen molar-refractivity contribution in [2.45, 2.75) is 26.3 Å². The Labute approximate surface area is 73.6 Å². The molecule has 0 radical (unpaired) electrons. The fourth-order valence-electron chi connectivity index (χ4n) is 0.893. The van der Waals surface area contributed by atoms with Gasteiger partial charge >= 0.3 is 5.97 Å². The number of ether oxygens (including phenoxy) is 1. The van der Waals surface area contributed by atoms with Crippen LogP contribution in [0.1, 0.15) is 20.3 Å². The molecule has 0 aromatic rings. The number of rotatable bonds is 4. The van der Waals surface area contributed by atoms with Gasteiger partial charge in [0.1, 0.15) is 0 Å². The van der Waals surface area contributed by atoms with E-state index in [9.17, 15) is 4.79 Å². The number of esters is 1. The van der Waals surface area contributed by atoms with E-state index in [0.717, 1.165) is 6.42 Å². The highest BCUT2D eigenvalue weighted by Gasteiger charge is 2.01. The van der Waals surface area contributed by atoms with Gasteiger partial charge in [0.25, 0.3) is 0 Å². The second-order valence-corrected chi connectivity index (χ2v) is 3.18. The van der Waals surface area contributed by atoms with Crippen molar-refractivity contribution in [3.8, 4) is 0 Å². The third kappa shape index (κ3) is 5.92. The average Bonchev–Trinajstić information content (AvgIpc) is 1.99. The van der Waals surface area contributed by atoms with Crippen LogP contribution in [0, 0.1) is 5.92 Å². The SMILES string of the molecule is COC(=O)/C=C/C(N)CC(C)C. The van der Waals surface area contributed by atoms with Crippen molar-refractivity contribution in [1.29, 1.82) is 0 Å². The van der Waals surface area contributed by atoms with Gasteiger partial charge in [-0.25, -0.2) is 4.79 Å². The molecule has 3 heteroatoms. The summed E-state index contributed by atoms with van der Waals surface area (Å²) in [6.07, 6.45) is 3.92. The van der Waals surface area contributed by atoms with Crippen LogP contribution >= 0.6 is 0 Å². The van der Waals surface area contributed by atoms with Crippen molar-refractivity contribution in [3.63, 3.8) is 0 Å². The minimum Gasteiger partial charge on any atom is -0.466 e. The molecule has 0 bridgehead atoms. The molecule has 0 aliphatic rings. The van der Waals surface area contributed by atoms with Gasteiger partial charge in [-0.3, -0.25) is 0 Å². The minimum absolute atomic E-state index is 0.0518. The summed E-state index contributed by atoms with van der Waals surface area (Å²) in [6.45, 7) is 4.18. The molecule has 70 valence electrons. The summed E-state index contributed by atoms with van der Waals surface area (Å²) >= 11 is 0. The first kappa shape index (κ1) is 11.2. The summed E-state index contributed by atoms with van der Waals surface area (Å²) in [7, 11) is 1.35. The van der Waals surface area contributed by atoms with Crippen molar-refractivity contribution >= 4 is 5.97 Å². The number of methoxy groups -OCH3 is 1. The maximum Gasteiger partial charge on any atom is 0.330 e. The lowest BCUT2D eigenvalue weighted by molar-refractivity contribution is -0.134. The first-order chi connectivity index (χ1) is 5.56. The molecule has 0 spiro atoms. The van der Waals surface area contributed by atoms with Crippen molar-refractivity contribution in [2.24, 2.45) is 11.7 Å². The smallest absolute Gasteiger partial charge is 0.330 e. The van der Waals surface area contributed by atoms with Gasteiger partial charge in [0.15, 0.2) is 0 Å². The Morgan fingerprint density at radius 3 is 2.58 bits per heavy atom. The minimum atomic E-state index is -0.353. The van der Waals surface area contributed by atoms with Crippen molar-refractivity contribution in [3.05, 3.63) is 12.2 Å². The number of nitrogens with two attached hydrogens (primary N) is 1. The zero-order valence-electron chi connectivity index (χ0n) is 7.91. The quantitative estimate of drug-likeness (QED) is 0.509. The zero-order chi connectivity index (χ0) is 9.56. The maximum atomic E-state index is 10.6. The van der Waals surface area contributed by atoms with Gasteiger partial charge in [-0.2, -0.15) is 0 Å². The molecule has 12 heavy (non-hydrogen) atoms. The molecule has 0 rings (SSSR count). The van der Waals surface area contributed by atoms with Crippen LogP contribution in [-0.2, 0) is 9.53 Å². The van der Waals surface area contributed by atoms with Crippen LogP contribution < -0.4 is 5.73 Å². The fourth-order valence-corrected chi connectivity index (χ4v) is 0.893. The van der Waals surface area contributed by atoms with Crippen LogP contribution in [0.5, 0.6) is 0 Å². The monoisotopic (exact) mass is 171 g/mol. The van der Waals surface area contributed by atoms with E-state index in [0.29, 0.717) is 5.92 Å². The molecule has 0 heterocycles. The Morgan fingerprint density at radius 2 is 2.17 bits per heavy atom. The maximum absolute atomic E-state index is 10.6. The van der Waals surface area contributed by atoms with Crippen molar-refractivity contribution in [2.75, 3.05) is 7.11 Å². The molecule has 0 aliphatic heterocycles. The molecule has 0 aromatic heterocycles. The van der Waals surface area contributed by atoms with E-state index in [1.165, 1.54) is 13.2 Å². The van der Waals surface area contributed by atoms with Gasteiger partial charge < -0.3 is 10.5 Å². The van der Waals surface area contributed by atoms with E-state index < -0.39 is 0 Å². The van der Waals surface area contributed by atoms with E-state index in [2.05, 4.69) is 18.6 Å². The van der Waals surface area contributed by atoms with Gasteiger partial charge in [-0.15, -0.1) is 0 Å². The van der Waals surface area contributed by atoms with Crippen LogP contribution in [0.25, 0.3) is 0 Å². The normalized spacial score (nSPS) is 13.8. The first-order valence-corrected chi connectivity index (χ1v) is 4.08. The summed E-state index contributed by atoms with van der Waals surface area (Å²) in [6, 6.07) is -0.0518. The molecule has 2 N–H and O–H groups in total. The molecule has 3 nitrogen and oxygen atoms in total. The molecule has 0 saturated heterocycles. The second kappa shape index (κ2) is 5.77. The van der Waals surface area contributed by atoms with E-state index in [1.807, 2.05) is 0 Å². The van der Waals surface area contributed by atoms with Gasteiger partial charge in [0.2, 0.25) is 0 Å². The molecule has 0 amide bonds. The zero-order valence-corrected chi connectivity index (χ0v) is 7.91. The summed E-state index contributed by atoms with van der Waals surface area (Å²) in [5, 5.41) is 0. The summed E-state index contributed by atoms with van der Waals surface area (Å²) < 4.78 is 4.42. The summed E-state index contributed by atoms with van der Waals surface area (Å²) in [4.78, 5) is 10.6. The van der Waals surface area contributed by atoms with Crippen LogP contribution in [0.3, 0.4) is 0 Å². The van der Waals surface area contributed by atoms with Gasteiger partial charge in [-0.05, 0) is 12.3 Å². The highest BCUT2D eigenvalue weighted by molar-refractivity contribution is 5.81. The van der Waals surface area contributed by atoms with Crippen molar-refractivity contribution < 1.29 is 9.53 Å². The highest BCUT2D eigenvalue weighted by Crippen LogP contribution is 2.03. The molecular formula is C9H17NO2. The van der Waals surface area contributed by atoms with Crippen LogP contribution in [0.15, 0.2) is 12.2 Å². The van der Waals surface area contributed by atoms with E-state index in [4.69, 9.17) is 5.73 Å². The van der Waals surface area contributed by atoms with Gasteiger partial charge in [0, 0.05) is 12.1 Å². The van der Waals surface area contributed by atoms with E-state index >= 15 is 0 Å². The summed E-state index contributed by atoms with van der Waals surface area (Å²) in [5.74, 6) is 0.191. The van der Waals surface area contributed by atoms with Gasteiger partial charge in [-0.1, -0.05) is 19.9 Å². The third-order valence-corrected chi connectivity index (χ3v) is 1.42. The molecular weight excluding hydrogens is 154 g/mol. The highest BCUT2D eigenvalue weighted by atomic mass is 16.5. The Bertz CT molecular complexity index is 164. The van der Waals surface area contributed by atoms with Crippen LogP contribution in [-0.4, -0.2) is 19.1 Å². The number of hydrogen-bond acceptors (Lipinski definition) is 3. The molecule has 0 fully saturated rings. The molecule has 0 aliphatic carbocycles. The lowest BCUT2D eigenvalue weighted by Crippen LogP contribution is -2.19. The molecule has 1 atom stereocenters. The predicted octanol–water partition coefficient (Wildman–Crippen LogP) is 1.09. The molecule has 0 aromatic carbocycles. The summed E-state index contributed by atoms with van der Waals surface area (Å²) in [5.41, 5.74) is 5.68. The second-order valence-electron chi connectivity index (χ2n) is 3.18. The Morgan fingerprint density at radius 1 is 1.58 bits per heavy atom. The first-order valence-electron chi connectivity index (χ1n) is 4.08. The number of hydrogen-bond donors (Lipinski definition) is 1. The lowest BCUT2D eigenvalue weighted by atomic mass is 10.0. The fraction of sp³-hybridized carbons (Fsp3) is 0.667. The van der Waals surface area contributed by atoms with E-state index in [-0.39, 0.29) is 12.0 Å². The predicted molar refractivity (Wildman–Crippen MR) is 48.6 cm³/mol.